The molecule has 3 atom stereocenters. The van der Waals surface area contributed by atoms with Crippen molar-refractivity contribution in [3.05, 3.63) is 53.6 Å². The van der Waals surface area contributed by atoms with E-state index in [0.717, 1.165) is 35.1 Å². The maximum Gasteiger partial charge on any atom is 0.243 e. The number of allylic oxidation sites excluding steroid dienone is 1. The monoisotopic (exact) mass is 387 g/mol. The first-order valence-corrected chi connectivity index (χ1v) is 11.3. The molecule has 0 unspecified atom stereocenters. The number of rotatable bonds is 6. The molecule has 1 heterocycles. The van der Waals surface area contributed by atoms with Crippen LogP contribution in [0.5, 0.6) is 0 Å². The molecule has 4 heteroatoms. The van der Waals surface area contributed by atoms with Crippen LogP contribution in [0.15, 0.2) is 41.8 Å². The lowest BCUT2D eigenvalue weighted by Crippen LogP contribution is -2.45. The van der Waals surface area contributed by atoms with Crippen LogP contribution in [0.1, 0.15) is 50.3 Å². The third kappa shape index (κ3) is 2.75. The number of aryl methyl sites for hydroxylation is 3. The van der Waals surface area contributed by atoms with Crippen molar-refractivity contribution >= 4 is 10.0 Å². The van der Waals surface area contributed by atoms with Crippen LogP contribution in [-0.2, 0) is 10.0 Å². The average molecular weight is 388 g/mol. The highest BCUT2D eigenvalue weighted by Crippen LogP contribution is 2.76. The predicted octanol–water partition coefficient (Wildman–Crippen LogP) is 5.17. The van der Waals surface area contributed by atoms with Gasteiger partial charge in [-0.1, -0.05) is 56.7 Å². The Hall–Kier alpha value is -1.39. The smallest absolute Gasteiger partial charge is 0.207 e. The van der Waals surface area contributed by atoms with Crippen LogP contribution in [0.4, 0.5) is 0 Å². The highest BCUT2D eigenvalue weighted by Gasteiger charge is 2.76. The molecule has 1 aromatic carbocycles. The molecule has 1 saturated heterocycles. The molecule has 1 aliphatic heterocycles. The summed E-state index contributed by atoms with van der Waals surface area (Å²) >= 11 is 0. The molecule has 27 heavy (non-hydrogen) atoms. The van der Waals surface area contributed by atoms with Gasteiger partial charge in [0.05, 0.1) is 4.90 Å². The standard InChI is InChI=1S/C23H33NO2S/c1-9-10-19(7)23-13-22(23,8)14-24(21(23)15(2)3)27(25,26)20-17(5)11-16(4)12-18(20)6/h9,11-12,15,21H,1,7,10,13-14H2,2-6,8H3/t21-,22-,23-/m0/s1. The van der Waals surface area contributed by atoms with Crippen LogP contribution in [0.2, 0.25) is 0 Å². The summed E-state index contributed by atoms with van der Waals surface area (Å²) in [6.45, 7) is 21.1. The van der Waals surface area contributed by atoms with Crippen molar-refractivity contribution in [3.63, 3.8) is 0 Å². The number of hydrogen-bond donors (Lipinski definition) is 0. The van der Waals surface area contributed by atoms with Gasteiger partial charge in [-0.2, -0.15) is 4.31 Å². The quantitative estimate of drug-likeness (QED) is 0.632. The third-order valence-electron chi connectivity index (χ3n) is 6.77. The molecule has 1 saturated carbocycles. The molecule has 0 aromatic heterocycles. The molecule has 1 aliphatic carbocycles. The Balaban J connectivity index is 2.13. The minimum atomic E-state index is -3.57. The molecule has 2 fully saturated rings. The summed E-state index contributed by atoms with van der Waals surface area (Å²) in [5, 5.41) is 0. The summed E-state index contributed by atoms with van der Waals surface area (Å²) < 4.78 is 29.4. The Bertz CT molecular complexity index is 891. The van der Waals surface area contributed by atoms with Crippen molar-refractivity contribution in [3.8, 4) is 0 Å². The van der Waals surface area contributed by atoms with Gasteiger partial charge in [0.15, 0.2) is 0 Å². The Morgan fingerprint density at radius 2 is 1.85 bits per heavy atom. The molecule has 148 valence electrons. The number of hydrogen-bond acceptors (Lipinski definition) is 2. The van der Waals surface area contributed by atoms with Crippen molar-refractivity contribution in [2.45, 2.75) is 65.3 Å². The van der Waals surface area contributed by atoms with Gasteiger partial charge in [-0.15, -0.1) is 6.58 Å². The zero-order valence-corrected chi connectivity index (χ0v) is 18.4. The molecule has 0 bridgehead atoms. The van der Waals surface area contributed by atoms with Crippen molar-refractivity contribution in [2.24, 2.45) is 16.7 Å². The topological polar surface area (TPSA) is 37.4 Å². The van der Waals surface area contributed by atoms with Gasteiger partial charge >= 0.3 is 0 Å². The number of benzene rings is 1. The molecule has 0 amide bonds. The molecule has 0 spiro atoms. The fraction of sp³-hybridized carbons (Fsp3) is 0.565. The molecule has 2 aliphatic rings. The molecular weight excluding hydrogens is 354 g/mol. The Morgan fingerprint density at radius 3 is 2.33 bits per heavy atom. The number of sulfonamides is 1. The highest BCUT2D eigenvalue weighted by atomic mass is 32.2. The second-order valence-electron chi connectivity index (χ2n) is 9.27. The Labute approximate surface area is 165 Å². The zero-order chi connectivity index (χ0) is 20.4. The largest absolute Gasteiger partial charge is 0.243 e. The fourth-order valence-electron chi connectivity index (χ4n) is 5.86. The van der Waals surface area contributed by atoms with Gasteiger partial charge in [-0.25, -0.2) is 8.42 Å². The first kappa shape index (κ1) is 20.3. The minimum absolute atomic E-state index is 0.0262. The van der Waals surface area contributed by atoms with Gasteiger partial charge in [0.25, 0.3) is 0 Å². The van der Waals surface area contributed by atoms with E-state index in [1.54, 1.807) is 4.31 Å². The first-order chi connectivity index (χ1) is 12.4. The second-order valence-corrected chi connectivity index (χ2v) is 11.1. The van der Waals surface area contributed by atoms with Gasteiger partial charge in [0.2, 0.25) is 10.0 Å². The van der Waals surface area contributed by atoms with Crippen LogP contribution >= 0.6 is 0 Å². The van der Waals surface area contributed by atoms with Crippen molar-refractivity contribution in [2.75, 3.05) is 6.54 Å². The van der Waals surface area contributed by atoms with E-state index < -0.39 is 10.0 Å². The lowest BCUT2D eigenvalue weighted by molar-refractivity contribution is 0.238. The van der Waals surface area contributed by atoms with Gasteiger partial charge in [-0.3, -0.25) is 0 Å². The SMILES string of the molecule is C=CCC(=C)[C@]12C[C@@]1(C)CN(S(=O)(=O)c1c(C)cc(C)cc1C)[C@H]2C(C)C. The lowest BCUT2D eigenvalue weighted by atomic mass is 9.78. The van der Waals surface area contributed by atoms with Gasteiger partial charge in [-0.05, 0) is 56.1 Å². The van der Waals surface area contributed by atoms with Crippen molar-refractivity contribution in [1.29, 1.82) is 0 Å². The number of fused-ring (bicyclic) bond motifs is 1. The van der Waals surface area contributed by atoms with Crippen molar-refractivity contribution in [1.82, 2.24) is 4.31 Å². The predicted molar refractivity (Wildman–Crippen MR) is 112 cm³/mol. The molecular formula is C23H33NO2S. The average Bonchev–Trinajstić information content (AvgIpc) is 3.02. The number of piperidine rings is 1. The summed E-state index contributed by atoms with van der Waals surface area (Å²) in [5.74, 6) is 0.219. The highest BCUT2D eigenvalue weighted by molar-refractivity contribution is 7.89. The van der Waals surface area contributed by atoms with Crippen LogP contribution in [0.3, 0.4) is 0 Å². The van der Waals surface area contributed by atoms with Crippen LogP contribution in [0, 0.1) is 37.5 Å². The summed E-state index contributed by atoms with van der Waals surface area (Å²) in [4.78, 5) is 0.480. The summed E-state index contributed by atoms with van der Waals surface area (Å²) in [6, 6.07) is 3.88. The molecule has 3 nitrogen and oxygen atoms in total. The van der Waals surface area contributed by atoms with Crippen LogP contribution < -0.4 is 0 Å². The first-order valence-electron chi connectivity index (χ1n) is 9.81. The van der Waals surface area contributed by atoms with E-state index in [4.69, 9.17) is 0 Å². The minimum Gasteiger partial charge on any atom is -0.207 e. The summed E-state index contributed by atoms with van der Waals surface area (Å²) in [5.41, 5.74) is 3.74. The molecule has 0 radical (unpaired) electrons. The maximum absolute atomic E-state index is 13.8. The fourth-order valence-corrected chi connectivity index (χ4v) is 8.21. The summed E-state index contributed by atoms with van der Waals surface area (Å²) in [7, 11) is -3.57. The van der Waals surface area contributed by atoms with E-state index in [0.29, 0.717) is 11.4 Å². The Morgan fingerprint density at radius 1 is 1.30 bits per heavy atom. The van der Waals surface area contributed by atoms with Gasteiger partial charge in [0.1, 0.15) is 0 Å². The van der Waals surface area contributed by atoms with E-state index in [1.165, 1.54) is 0 Å². The van der Waals surface area contributed by atoms with Crippen molar-refractivity contribution < 1.29 is 8.42 Å². The lowest BCUT2D eigenvalue weighted by Gasteiger charge is -2.36. The third-order valence-corrected chi connectivity index (χ3v) is 8.90. The van der Waals surface area contributed by atoms with E-state index in [-0.39, 0.29) is 22.8 Å². The van der Waals surface area contributed by atoms with E-state index in [9.17, 15) is 8.42 Å². The van der Waals surface area contributed by atoms with E-state index in [2.05, 4.69) is 33.9 Å². The number of nitrogens with zero attached hydrogens (tertiary/aromatic N) is 1. The van der Waals surface area contributed by atoms with Crippen LogP contribution in [0.25, 0.3) is 0 Å². The zero-order valence-electron chi connectivity index (χ0n) is 17.6. The van der Waals surface area contributed by atoms with E-state index in [1.807, 2.05) is 39.0 Å². The normalized spacial score (nSPS) is 30.4. The molecule has 1 aromatic rings. The van der Waals surface area contributed by atoms with Gasteiger partial charge in [0, 0.05) is 18.0 Å². The maximum atomic E-state index is 13.8. The van der Waals surface area contributed by atoms with Gasteiger partial charge < -0.3 is 0 Å². The second kappa shape index (κ2) is 6.31. The Kier molecular flexibility index (Phi) is 4.76. The van der Waals surface area contributed by atoms with E-state index >= 15 is 0 Å². The molecule has 3 rings (SSSR count). The van der Waals surface area contributed by atoms with Crippen LogP contribution in [-0.4, -0.2) is 25.3 Å². The molecule has 0 N–H and O–H groups in total. The summed E-state index contributed by atoms with van der Waals surface area (Å²) in [6.07, 6.45) is 3.65.